The van der Waals surface area contributed by atoms with Crippen LogP contribution in [-0.2, 0) is 24.8 Å². The number of phenolic OH excluding ortho intramolecular Hbond substituents is 1. The number of nitrogens with one attached hydrogen (secondary N) is 1. The molecule has 0 spiro atoms. The molecule has 1 aliphatic carbocycles. The van der Waals surface area contributed by atoms with E-state index in [9.17, 15) is 5.11 Å². The van der Waals surface area contributed by atoms with E-state index in [0.29, 0.717) is 11.8 Å². The molecule has 1 aliphatic rings. The van der Waals surface area contributed by atoms with Crippen LogP contribution in [0, 0.1) is 0 Å². The van der Waals surface area contributed by atoms with Crippen molar-refractivity contribution in [3.8, 4) is 5.75 Å². The summed E-state index contributed by atoms with van der Waals surface area (Å²) in [5.74, 6) is 0.399. The molecule has 22 heavy (non-hydrogen) atoms. The Morgan fingerprint density at radius 1 is 1.05 bits per heavy atom. The van der Waals surface area contributed by atoms with Crippen LogP contribution < -0.4 is 5.32 Å². The van der Waals surface area contributed by atoms with Gasteiger partial charge in [0.15, 0.2) is 0 Å². The van der Waals surface area contributed by atoms with Crippen LogP contribution >= 0.6 is 0 Å². The van der Waals surface area contributed by atoms with Gasteiger partial charge in [-0.05, 0) is 41.0 Å². The van der Waals surface area contributed by atoms with Gasteiger partial charge in [0.25, 0.3) is 0 Å². The molecule has 0 amide bonds. The highest BCUT2D eigenvalue weighted by atomic mass is 16.3. The Balaban J connectivity index is 1.63. The van der Waals surface area contributed by atoms with E-state index in [1.807, 2.05) is 12.1 Å². The third kappa shape index (κ3) is 3.17. The van der Waals surface area contributed by atoms with Crippen LogP contribution in [0.5, 0.6) is 5.75 Å². The average Bonchev–Trinajstić information content (AvgIpc) is 2.87. The van der Waals surface area contributed by atoms with Crippen molar-refractivity contribution in [1.29, 1.82) is 0 Å². The van der Waals surface area contributed by atoms with E-state index in [1.54, 1.807) is 0 Å². The average molecular weight is 295 g/mol. The first-order valence-corrected chi connectivity index (χ1v) is 8.06. The molecule has 0 aromatic heterocycles. The molecule has 2 heteroatoms. The van der Waals surface area contributed by atoms with Crippen molar-refractivity contribution in [1.82, 2.24) is 5.32 Å². The van der Waals surface area contributed by atoms with Gasteiger partial charge in [0.1, 0.15) is 5.75 Å². The van der Waals surface area contributed by atoms with E-state index < -0.39 is 0 Å². The highest BCUT2D eigenvalue weighted by molar-refractivity contribution is 5.39. The first kappa shape index (κ1) is 15.1. The third-order valence-corrected chi connectivity index (χ3v) is 4.58. The smallest absolute Gasteiger partial charge is 0.120 e. The maximum Gasteiger partial charge on any atom is 0.120 e. The van der Waals surface area contributed by atoms with E-state index in [-0.39, 0.29) is 5.41 Å². The molecule has 0 aliphatic heterocycles. The van der Waals surface area contributed by atoms with E-state index in [4.69, 9.17) is 0 Å². The van der Waals surface area contributed by atoms with Gasteiger partial charge < -0.3 is 10.4 Å². The van der Waals surface area contributed by atoms with Crippen molar-refractivity contribution in [2.75, 3.05) is 0 Å². The summed E-state index contributed by atoms with van der Waals surface area (Å²) in [5.41, 5.74) is 5.11. The number of rotatable bonds is 3. The van der Waals surface area contributed by atoms with Crippen molar-refractivity contribution >= 4 is 0 Å². The fourth-order valence-corrected chi connectivity index (χ4v) is 3.14. The molecule has 0 radical (unpaired) electrons. The number of phenols is 1. The van der Waals surface area contributed by atoms with Gasteiger partial charge in [-0.15, -0.1) is 0 Å². The zero-order chi connectivity index (χ0) is 15.7. The first-order valence-electron chi connectivity index (χ1n) is 8.06. The Hall–Kier alpha value is -1.80. The zero-order valence-electron chi connectivity index (χ0n) is 13.7. The monoisotopic (exact) mass is 295 g/mol. The second-order valence-electron chi connectivity index (χ2n) is 7.35. The molecular formula is C20H25NO. The normalized spacial score (nSPS) is 15.0. The lowest BCUT2D eigenvalue weighted by Gasteiger charge is -2.20. The van der Waals surface area contributed by atoms with Crippen molar-refractivity contribution in [2.24, 2.45) is 0 Å². The van der Waals surface area contributed by atoms with Crippen molar-refractivity contribution in [2.45, 2.75) is 51.6 Å². The number of benzene rings is 2. The van der Waals surface area contributed by atoms with Crippen molar-refractivity contribution in [3.63, 3.8) is 0 Å². The Morgan fingerprint density at radius 2 is 1.68 bits per heavy atom. The molecule has 3 rings (SSSR count). The molecule has 2 nitrogen and oxygen atoms in total. The molecule has 0 fully saturated rings. The van der Waals surface area contributed by atoms with E-state index in [2.05, 4.69) is 56.4 Å². The molecule has 0 saturated heterocycles. The summed E-state index contributed by atoms with van der Waals surface area (Å²) in [6, 6.07) is 15.2. The molecule has 0 unspecified atom stereocenters. The number of hydrogen-bond donors (Lipinski definition) is 2. The molecule has 2 aromatic carbocycles. The number of fused-ring (bicyclic) bond motifs is 1. The minimum absolute atomic E-state index is 0.0660. The summed E-state index contributed by atoms with van der Waals surface area (Å²) in [5, 5.41) is 13.8. The molecule has 0 atom stereocenters. The fraction of sp³-hybridized carbons (Fsp3) is 0.400. The second kappa shape index (κ2) is 5.77. The van der Waals surface area contributed by atoms with Crippen molar-refractivity contribution in [3.05, 3.63) is 64.7 Å². The van der Waals surface area contributed by atoms with Gasteiger partial charge in [-0.2, -0.15) is 0 Å². The maximum absolute atomic E-state index is 10.3. The second-order valence-corrected chi connectivity index (χ2v) is 7.35. The summed E-state index contributed by atoms with van der Waals surface area (Å²) in [7, 11) is 0. The minimum Gasteiger partial charge on any atom is -0.508 e. The van der Waals surface area contributed by atoms with Gasteiger partial charge in [-0.25, -0.2) is 0 Å². The molecule has 0 bridgehead atoms. The Bertz CT molecular complexity index is 645. The predicted octanol–water partition coefficient (Wildman–Crippen LogP) is 3.95. The summed E-state index contributed by atoms with van der Waals surface area (Å²) in [6.07, 6.45) is 2.16. The summed E-state index contributed by atoms with van der Waals surface area (Å²) >= 11 is 0. The quantitative estimate of drug-likeness (QED) is 0.898. The van der Waals surface area contributed by atoms with Crippen LogP contribution in [0.4, 0.5) is 0 Å². The SMILES string of the molecule is CC(C)(C)c1ccc(CNC2Cc3ccccc3C2)c(O)c1. The third-order valence-electron chi connectivity index (χ3n) is 4.58. The highest BCUT2D eigenvalue weighted by Crippen LogP contribution is 2.28. The van der Waals surface area contributed by atoms with Crippen LogP contribution in [0.15, 0.2) is 42.5 Å². The summed E-state index contributed by atoms with van der Waals surface area (Å²) in [4.78, 5) is 0. The minimum atomic E-state index is 0.0660. The Kier molecular flexibility index (Phi) is 3.96. The van der Waals surface area contributed by atoms with E-state index >= 15 is 0 Å². The molecule has 116 valence electrons. The van der Waals surface area contributed by atoms with Gasteiger partial charge in [-0.3, -0.25) is 0 Å². The standard InChI is InChI=1S/C20H25NO/c1-20(2,3)17-9-8-16(19(22)12-17)13-21-18-10-14-6-4-5-7-15(14)11-18/h4-9,12,18,21-22H,10-11,13H2,1-3H3. The Labute approximate surface area is 133 Å². The lowest BCUT2D eigenvalue weighted by molar-refractivity contribution is 0.453. The zero-order valence-corrected chi connectivity index (χ0v) is 13.7. The van der Waals surface area contributed by atoms with Gasteiger partial charge in [0, 0.05) is 18.2 Å². The van der Waals surface area contributed by atoms with Crippen LogP contribution in [0.25, 0.3) is 0 Å². The molecule has 2 N–H and O–H groups in total. The van der Waals surface area contributed by atoms with Gasteiger partial charge in [-0.1, -0.05) is 57.2 Å². The highest BCUT2D eigenvalue weighted by Gasteiger charge is 2.21. The molecule has 2 aromatic rings. The van der Waals surface area contributed by atoms with Crippen LogP contribution in [0.1, 0.15) is 43.0 Å². The molecular weight excluding hydrogens is 270 g/mol. The topological polar surface area (TPSA) is 32.3 Å². The predicted molar refractivity (Wildman–Crippen MR) is 91.3 cm³/mol. The molecule has 0 heterocycles. The number of aromatic hydroxyl groups is 1. The van der Waals surface area contributed by atoms with Crippen LogP contribution in [-0.4, -0.2) is 11.1 Å². The van der Waals surface area contributed by atoms with E-state index in [1.165, 1.54) is 16.7 Å². The molecule has 0 saturated carbocycles. The van der Waals surface area contributed by atoms with Gasteiger partial charge in [0.2, 0.25) is 0 Å². The lowest BCUT2D eigenvalue weighted by Crippen LogP contribution is -2.29. The fourth-order valence-electron chi connectivity index (χ4n) is 3.14. The van der Waals surface area contributed by atoms with Crippen LogP contribution in [0.3, 0.4) is 0 Å². The Morgan fingerprint density at radius 3 is 2.23 bits per heavy atom. The largest absolute Gasteiger partial charge is 0.508 e. The van der Waals surface area contributed by atoms with Crippen molar-refractivity contribution < 1.29 is 5.11 Å². The lowest BCUT2D eigenvalue weighted by atomic mass is 9.86. The number of hydrogen-bond acceptors (Lipinski definition) is 2. The van der Waals surface area contributed by atoms with Gasteiger partial charge >= 0.3 is 0 Å². The van der Waals surface area contributed by atoms with E-state index in [0.717, 1.165) is 24.9 Å². The summed E-state index contributed by atoms with van der Waals surface area (Å²) < 4.78 is 0. The van der Waals surface area contributed by atoms with Gasteiger partial charge in [0.05, 0.1) is 0 Å². The maximum atomic E-state index is 10.3. The van der Waals surface area contributed by atoms with Crippen LogP contribution in [0.2, 0.25) is 0 Å². The summed E-state index contributed by atoms with van der Waals surface area (Å²) in [6.45, 7) is 7.20. The first-order chi connectivity index (χ1) is 10.4.